The van der Waals surface area contributed by atoms with Gasteiger partial charge in [-0.3, -0.25) is 4.79 Å². The van der Waals surface area contributed by atoms with Crippen LogP contribution in [0.25, 0.3) is 0 Å². The maximum atomic E-state index is 12.1. The number of hydrogen-bond donors (Lipinski definition) is 1. The van der Waals surface area contributed by atoms with Crippen molar-refractivity contribution >= 4 is 11.6 Å². The normalized spacial score (nSPS) is 12.3. The van der Waals surface area contributed by atoms with E-state index in [0.717, 1.165) is 0 Å². The third-order valence-corrected chi connectivity index (χ3v) is 2.93. The monoisotopic (exact) mass is 281 g/mol. The first-order valence-electron chi connectivity index (χ1n) is 6.33. The summed E-state index contributed by atoms with van der Waals surface area (Å²) in [6.07, 6.45) is 1.36. The van der Waals surface area contributed by atoms with Gasteiger partial charge in [0.1, 0.15) is 25.0 Å². The largest absolute Gasteiger partial charge is 0.486 e. The maximum absolute atomic E-state index is 12.1. The molecule has 0 radical (unpaired) electrons. The molecule has 1 aliphatic rings. The third kappa shape index (κ3) is 2.77. The molecule has 1 aromatic carbocycles. The number of hydrogen-bond acceptors (Lipinski definition) is 5. The van der Waals surface area contributed by atoms with Gasteiger partial charge >= 0.3 is 0 Å². The second-order valence-electron chi connectivity index (χ2n) is 4.36. The van der Waals surface area contributed by atoms with Gasteiger partial charge in [0.05, 0.1) is 5.56 Å². The molecule has 0 saturated carbocycles. The number of amides is 1. The number of aromatic nitrogens is 1. The smallest absolute Gasteiger partial charge is 0.274 e. The molecule has 21 heavy (non-hydrogen) atoms. The van der Waals surface area contributed by atoms with Crippen molar-refractivity contribution in [1.82, 2.24) is 4.98 Å². The Kier molecular flexibility index (Phi) is 3.39. The first kappa shape index (κ1) is 12.9. The van der Waals surface area contributed by atoms with Gasteiger partial charge in [-0.15, -0.1) is 0 Å². The molecule has 2 heterocycles. The number of carbonyl (C=O) groups excluding carboxylic acids is 1. The van der Waals surface area contributed by atoms with Gasteiger partial charge in [0.25, 0.3) is 5.91 Å². The molecule has 2 aromatic rings. The van der Waals surface area contributed by atoms with Crippen molar-refractivity contribution < 1.29 is 14.3 Å². The van der Waals surface area contributed by atoms with Crippen LogP contribution in [0.15, 0.2) is 36.5 Å². The minimum atomic E-state index is -0.351. The highest BCUT2D eigenvalue weighted by atomic mass is 16.6. The fourth-order valence-corrected chi connectivity index (χ4v) is 1.91. The second kappa shape index (κ2) is 5.51. The molecule has 0 spiro atoms. The molecule has 6 heteroatoms. The molecule has 0 bridgehead atoms. The number of nitrogens with one attached hydrogen (secondary N) is 1. The first-order chi connectivity index (χ1) is 10.3. The average molecular weight is 281 g/mol. The molecule has 1 aromatic heterocycles. The van der Waals surface area contributed by atoms with Gasteiger partial charge in [-0.25, -0.2) is 4.98 Å². The molecule has 104 valence electrons. The zero-order valence-electron chi connectivity index (χ0n) is 11.0. The molecular formula is C15H11N3O3. The van der Waals surface area contributed by atoms with Crippen molar-refractivity contribution in [2.75, 3.05) is 18.5 Å². The Bertz CT molecular complexity index is 720. The average Bonchev–Trinajstić information content (AvgIpc) is 2.55. The number of benzene rings is 1. The number of pyridine rings is 1. The van der Waals surface area contributed by atoms with Crippen LogP contribution < -0.4 is 14.8 Å². The predicted molar refractivity (Wildman–Crippen MR) is 74.3 cm³/mol. The Morgan fingerprint density at radius 2 is 2.00 bits per heavy atom. The van der Waals surface area contributed by atoms with Crippen LogP contribution in [0.2, 0.25) is 0 Å². The molecule has 0 unspecified atom stereocenters. The van der Waals surface area contributed by atoms with Crippen molar-refractivity contribution in [3.05, 3.63) is 47.8 Å². The topological polar surface area (TPSA) is 84.2 Å². The van der Waals surface area contributed by atoms with E-state index in [-0.39, 0.29) is 11.6 Å². The number of ether oxygens (including phenoxy) is 2. The Morgan fingerprint density at radius 3 is 2.71 bits per heavy atom. The molecule has 1 N–H and O–H groups in total. The van der Waals surface area contributed by atoms with E-state index < -0.39 is 0 Å². The van der Waals surface area contributed by atoms with Crippen LogP contribution in [0.1, 0.15) is 16.1 Å². The van der Waals surface area contributed by atoms with E-state index in [2.05, 4.69) is 10.3 Å². The van der Waals surface area contributed by atoms with E-state index in [1.807, 2.05) is 6.07 Å². The Morgan fingerprint density at radius 1 is 1.19 bits per heavy atom. The van der Waals surface area contributed by atoms with E-state index in [4.69, 9.17) is 14.7 Å². The summed E-state index contributed by atoms with van der Waals surface area (Å²) in [6.45, 7) is 1.01. The van der Waals surface area contributed by atoms with Crippen LogP contribution >= 0.6 is 0 Å². The van der Waals surface area contributed by atoms with E-state index in [9.17, 15) is 4.79 Å². The van der Waals surface area contributed by atoms with Crippen LogP contribution in [0.5, 0.6) is 11.5 Å². The van der Waals surface area contributed by atoms with E-state index in [1.54, 1.807) is 24.3 Å². The van der Waals surface area contributed by atoms with Crippen LogP contribution in [-0.2, 0) is 0 Å². The van der Waals surface area contributed by atoms with Gasteiger partial charge < -0.3 is 14.8 Å². The van der Waals surface area contributed by atoms with E-state index in [0.29, 0.717) is 36.0 Å². The fourth-order valence-electron chi connectivity index (χ4n) is 1.91. The Hall–Kier alpha value is -3.07. The molecule has 0 atom stereocenters. The highest BCUT2D eigenvalue weighted by molar-refractivity contribution is 6.03. The first-order valence-corrected chi connectivity index (χ1v) is 6.33. The maximum Gasteiger partial charge on any atom is 0.274 e. The van der Waals surface area contributed by atoms with E-state index >= 15 is 0 Å². The number of nitrogens with zero attached hydrogens (tertiary/aromatic N) is 2. The van der Waals surface area contributed by atoms with Gasteiger partial charge in [0.15, 0.2) is 11.5 Å². The molecule has 0 aliphatic carbocycles. The van der Waals surface area contributed by atoms with E-state index in [1.165, 1.54) is 12.3 Å². The summed E-state index contributed by atoms with van der Waals surface area (Å²) in [5.41, 5.74) is 1.24. The molecule has 3 rings (SSSR count). The molecule has 6 nitrogen and oxygen atoms in total. The predicted octanol–water partition coefficient (Wildman–Crippen LogP) is 1.98. The SMILES string of the molecule is N#Cc1ccc(C(=O)Nc2ccc3c(c2)OCCO3)nc1. The number of anilines is 1. The fraction of sp³-hybridized carbons (Fsp3) is 0.133. The second-order valence-corrected chi connectivity index (χ2v) is 4.36. The summed E-state index contributed by atoms with van der Waals surface area (Å²) in [5, 5.41) is 11.4. The summed E-state index contributed by atoms with van der Waals surface area (Å²) >= 11 is 0. The lowest BCUT2D eigenvalue weighted by Crippen LogP contribution is -2.17. The zero-order chi connectivity index (χ0) is 14.7. The Labute approximate surface area is 120 Å². The van der Waals surface area contributed by atoms with Gasteiger partial charge in [-0.05, 0) is 24.3 Å². The molecule has 1 aliphatic heterocycles. The molecule has 1 amide bonds. The lowest BCUT2D eigenvalue weighted by atomic mass is 10.2. The minimum Gasteiger partial charge on any atom is -0.486 e. The summed E-state index contributed by atoms with van der Waals surface area (Å²) in [6, 6.07) is 10.2. The van der Waals surface area contributed by atoms with Crippen molar-refractivity contribution in [3.8, 4) is 17.6 Å². The van der Waals surface area contributed by atoms with Crippen LogP contribution in [0.3, 0.4) is 0 Å². The van der Waals surface area contributed by atoms with Crippen molar-refractivity contribution in [1.29, 1.82) is 5.26 Å². The number of nitriles is 1. The van der Waals surface area contributed by atoms with Crippen LogP contribution in [0.4, 0.5) is 5.69 Å². The molecule has 0 fully saturated rings. The third-order valence-electron chi connectivity index (χ3n) is 2.93. The lowest BCUT2D eigenvalue weighted by Gasteiger charge is -2.18. The molecule has 0 saturated heterocycles. The number of carbonyl (C=O) groups is 1. The zero-order valence-corrected chi connectivity index (χ0v) is 11.0. The van der Waals surface area contributed by atoms with Crippen LogP contribution in [-0.4, -0.2) is 24.1 Å². The van der Waals surface area contributed by atoms with Gasteiger partial charge in [-0.2, -0.15) is 5.26 Å². The number of fused-ring (bicyclic) bond motifs is 1. The van der Waals surface area contributed by atoms with Crippen molar-refractivity contribution in [3.63, 3.8) is 0 Å². The van der Waals surface area contributed by atoms with Gasteiger partial charge in [0, 0.05) is 18.0 Å². The summed E-state index contributed by atoms with van der Waals surface area (Å²) in [5.74, 6) is 0.916. The summed E-state index contributed by atoms with van der Waals surface area (Å²) < 4.78 is 10.9. The van der Waals surface area contributed by atoms with Gasteiger partial charge in [0.2, 0.25) is 0 Å². The van der Waals surface area contributed by atoms with Crippen molar-refractivity contribution in [2.24, 2.45) is 0 Å². The summed E-state index contributed by atoms with van der Waals surface area (Å²) in [4.78, 5) is 16.0. The standard InChI is InChI=1S/C15H11N3O3/c16-8-10-1-3-12(17-9-10)15(19)18-11-2-4-13-14(7-11)21-6-5-20-13/h1-4,7,9H,5-6H2,(H,18,19). The highest BCUT2D eigenvalue weighted by Crippen LogP contribution is 2.32. The van der Waals surface area contributed by atoms with Crippen LogP contribution in [0, 0.1) is 11.3 Å². The lowest BCUT2D eigenvalue weighted by molar-refractivity contribution is 0.102. The molecular weight excluding hydrogens is 270 g/mol. The summed E-state index contributed by atoms with van der Waals surface area (Å²) in [7, 11) is 0. The highest BCUT2D eigenvalue weighted by Gasteiger charge is 2.13. The van der Waals surface area contributed by atoms with Gasteiger partial charge in [-0.1, -0.05) is 0 Å². The Balaban J connectivity index is 1.76. The van der Waals surface area contributed by atoms with Crippen molar-refractivity contribution in [2.45, 2.75) is 0 Å². The minimum absolute atomic E-state index is 0.240. The quantitative estimate of drug-likeness (QED) is 0.909. The number of rotatable bonds is 2.